The summed E-state index contributed by atoms with van der Waals surface area (Å²) in [6, 6.07) is 12.2. The van der Waals surface area contributed by atoms with E-state index in [1.165, 1.54) is 4.90 Å². The number of aromatic nitrogens is 1. The predicted molar refractivity (Wildman–Crippen MR) is 154 cm³/mol. The molecule has 1 aromatic heterocycles. The second-order valence-corrected chi connectivity index (χ2v) is 14.1. The first-order valence-electron chi connectivity index (χ1n) is 12.8. The highest BCUT2D eigenvalue weighted by molar-refractivity contribution is 8.00. The molecule has 200 valence electrons. The third-order valence-electron chi connectivity index (χ3n) is 8.68. The van der Waals surface area contributed by atoms with Crippen LogP contribution in [0.1, 0.15) is 40.1 Å². The average Bonchev–Trinajstić information content (AvgIpc) is 3.65. The number of benzene rings is 2. The van der Waals surface area contributed by atoms with E-state index in [-0.39, 0.29) is 59.2 Å². The Labute approximate surface area is 248 Å². The first-order chi connectivity index (χ1) is 18.8. The van der Waals surface area contributed by atoms with Gasteiger partial charge in [0.05, 0.1) is 44.8 Å². The van der Waals surface area contributed by atoms with Crippen LogP contribution in [0.3, 0.4) is 0 Å². The molecule has 3 aromatic rings. The normalized spacial score (nSPS) is 30.3. The summed E-state index contributed by atoms with van der Waals surface area (Å²) in [5.41, 5.74) is 1.81. The van der Waals surface area contributed by atoms with Crippen LogP contribution < -0.4 is 4.90 Å². The molecule has 1 saturated heterocycles. The van der Waals surface area contributed by atoms with E-state index in [0.717, 1.165) is 21.9 Å². The van der Waals surface area contributed by atoms with Gasteiger partial charge in [-0.2, -0.15) is 0 Å². The number of hydrogen-bond acceptors (Lipinski definition) is 7. The molecule has 2 aromatic carbocycles. The number of esters is 1. The summed E-state index contributed by atoms with van der Waals surface area (Å²) < 4.78 is 5.76. The second-order valence-electron chi connectivity index (χ2n) is 10.4. The average molecular weight is 618 g/mol. The molecular weight excluding hydrogens is 595 g/mol. The Bertz CT molecular complexity index is 1600. The lowest BCUT2D eigenvalue weighted by Crippen LogP contribution is -2.42. The summed E-state index contributed by atoms with van der Waals surface area (Å²) in [6.07, 6.45) is 0.829. The van der Waals surface area contributed by atoms with Crippen molar-refractivity contribution in [3.05, 3.63) is 72.5 Å². The molecule has 2 aliphatic carbocycles. The number of carbonyl (C=O) groups excluding carboxylic acids is 3. The second kappa shape index (κ2) is 9.45. The van der Waals surface area contributed by atoms with Crippen molar-refractivity contribution in [3.63, 3.8) is 0 Å². The van der Waals surface area contributed by atoms with Gasteiger partial charge in [-0.3, -0.25) is 14.5 Å². The quantitative estimate of drug-likeness (QED) is 0.194. The Balaban J connectivity index is 1.27. The smallest absolute Gasteiger partial charge is 0.338 e. The van der Waals surface area contributed by atoms with Crippen molar-refractivity contribution in [2.24, 2.45) is 29.6 Å². The highest BCUT2D eigenvalue weighted by Gasteiger charge is 2.69. The molecular formula is C28H22Cl2N2O4S3. The van der Waals surface area contributed by atoms with Crippen LogP contribution in [0.5, 0.6) is 0 Å². The topological polar surface area (TPSA) is 79.5 Å². The van der Waals surface area contributed by atoms with Crippen LogP contribution in [0.2, 0.25) is 10.0 Å². The van der Waals surface area contributed by atoms with E-state index in [2.05, 4.69) is 4.98 Å². The van der Waals surface area contributed by atoms with Gasteiger partial charge in [0.25, 0.3) is 0 Å². The van der Waals surface area contributed by atoms with Crippen molar-refractivity contribution in [3.8, 4) is 0 Å². The minimum Gasteiger partial charge on any atom is -0.462 e. The number of nitrogens with zero attached hydrogens (tertiary/aromatic N) is 1. The van der Waals surface area contributed by atoms with Gasteiger partial charge in [-0.1, -0.05) is 35.3 Å². The van der Waals surface area contributed by atoms with Crippen LogP contribution in [-0.4, -0.2) is 34.6 Å². The number of carbonyl (C=O) groups is 3. The van der Waals surface area contributed by atoms with Gasteiger partial charge in [-0.15, -0.1) is 23.1 Å². The molecule has 7 unspecified atom stereocenters. The molecule has 2 aliphatic heterocycles. The van der Waals surface area contributed by atoms with Crippen molar-refractivity contribution in [2.45, 2.75) is 29.5 Å². The van der Waals surface area contributed by atoms with Crippen LogP contribution >= 0.6 is 58.5 Å². The van der Waals surface area contributed by atoms with E-state index in [0.29, 0.717) is 25.3 Å². The number of imide groups is 1. The first kappa shape index (κ1) is 25.8. The summed E-state index contributed by atoms with van der Waals surface area (Å²) in [4.78, 5) is 45.7. The Hall–Kier alpha value is -2.17. The molecule has 11 heteroatoms. The number of thioether (sulfide) groups is 1. The van der Waals surface area contributed by atoms with E-state index in [9.17, 15) is 14.4 Å². The lowest BCUT2D eigenvalue weighted by atomic mass is 9.68. The number of hydrogen-bond donors (Lipinski definition) is 1. The van der Waals surface area contributed by atoms with Crippen molar-refractivity contribution < 1.29 is 19.1 Å². The zero-order valence-electron chi connectivity index (χ0n) is 20.6. The minimum absolute atomic E-state index is 0.0293. The van der Waals surface area contributed by atoms with Crippen molar-refractivity contribution in [1.82, 2.24) is 4.98 Å². The standard InChI is InChI=1S/C28H22Cl2N2O4S3/c1-2-36-27(35)11-6-8-12(9-7-11)32-25(33)19-14-10-15(20(19)26(32)34)22-18(14)17(13-4-3-5-16(29)21(13)30)23-24(38-22)31-28(37)39-23/h3-9,14-15,17-20,22H,2,10H2,1H3,(H,31,37). The molecule has 7 atom stereocenters. The molecule has 2 amide bonds. The lowest BCUT2D eigenvalue weighted by molar-refractivity contribution is -0.123. The largest absolute Gasteiger partial charge is 0.462 e. The van der Waals surface area contributed by atoms with Gasteiger partial charge in [0, 0.05) is 16.0 Å². The Kier molecular flexibility index (Phi) is 6.24. The Morgan fingerprint density at radius 1 is 1.10 bits per heavy atom. The fraction of sp³-hybridized carbons (Fsp3) is 0.357. The molecule has 0 spiro atoms. The van der Waals surface area contributed by atoms with Gasteiger partial charge >= 0.3 is 5.97 Å². The van der Waals surface area contributed by atoms with E-state index < -0.39 is 5.97 Å². The minimum atomic E-state index is -0.434. The summed E-state index contributed by atoms with van der Waals surface area (Å²) in [6.45, 7) is 2.02. The fourth-order valence-corrected chi connectivity index (χ4v) is 11.1. The number of aromatic amines is 1. The van der Waals surface area contributed by atoms with Gasteiger partial charge in [-0.25, -0.2) is 4.79 Å². The molecule has 1 N–H and O–H groups in total. The number of anilines is 1. The number of thiazole rings is 1. The van der Waals surface area contributed by atoms with E-state index in [4.69, 9.17) is 40.2 Å². The van der Waals surface area contributed by atoms with Crippen molar-refractivity contribution in [2.75, 3.05) is 11.5 Å². The van der Waals surface area contributed by atoms with Crippen molar-refractivity contribution in [1.29, 1.82) is 0 Å². The van der Waals surface area contributed by atoms with Crippen LogP contribution in [0.15, 0.2) is 47.5 Å². The Morgan fingerprint density at radius 3 is 2.54 bits per heavy atom. The van der Waals surface area contributed by atoms with Crippen LogP contribution in [-0.2, 0) is 14.3 Å². The van der Waals surface area contributed by atoms with Gasteiger partial charge in [-0.05, 0) is 79.2 Å². The van der Waals surface area contributed by atoms with Gasteiger partial charge in [0.1, 0.15) is 0 Å². The summed E-state index contributed by atoms with van der Waals surface area (Å²) >= 11 is 22.1. The molecule has 7 rings (SSSR count). The summed E-state index contributed by atoms with van der Waals surface area (Å²) in [5.74, 6) is -1.34. The number of ether oxygens (including phenoxy) is 1. The molecule has 2 saturated carbocycles. The van der Waals surface area contributed by atoms with E-state index in [1.54, 1.807) is 60.4 Å². The zero-order valence-corrected chi connectivity index (χ0v) is 24.5. The highest BCUT2D eigenvalue weighted by atomic mass is 35.5. The number of halogens is 2. The third-order valence-corrected chi connectivity index (χ3v) is 12.5. The lowest BCUT2D eigenvalue weighted by Gasteiger charge is -2.43. The third kappa shape index (κ3) is 3.73. The molecule has 6 nitrogen and oxygen atoms in total. The maximum Gasteiger partial charge on any atom is 0.338 e. The maximum absolute atomic E-state index is 13.9. The highest BCUT2D eigenvalue weighted by Crippen LogP contribution is 2.69. The van der Waals surface area contributed by atoms with E-state index >= 15 is 0 Å². The van der Waals surface area contributed by atoms with E-state index in [1.807, 2.05) is 12.1 Å². The summed E-state index contributed by atoms with van der Waals surface area (Å²) in [7, 11) is 0. The molecule has 3 fully saturated rings. The predicted octanol–water partition coefficient (Wildman–Crippen LogP) is 6.97. The molecule has 2 bridgehead atoms. The number of amides is 2. The molecule has 0 radical (unpaired) electrons. The van der Waals surface area contributed by atoms with Gasteiger partial charge < -0.3 is 9.72 Å². The summed E-state index contributed by atoms with van der Waals surface area (Å²) in [5, 5.41) is 2.19. The Morgan fingerprint density at radius 2 is 1.82 bits per heavy atom. The zero-order chi connectivity index (χ0) is 27.2. The molecule has 39 heavy (non-hydrogen) atoms. The molecule has 4 aliphatic rings. The number of rotatable bonds is 4. The molecule has 3 heterocycles. The first-order valence-corrected chi connectivity index (χ1v) is 15.6. The SMILES string of the molecule is CCOC(=O)c1ccc(N2C(=O)C3C4CC(C3C2=O)C2C(c3cccc(Cl)c3Cl)c3sc(=S)[nH]c3SC42)cc1. The van der Waals surface area contributed by atoms with Gasteiger partial charge in [0.15, 0.2) is 3.95 Å². The maximum atomic E-state index is 13.9. The number of H-pyrrole nitrogens is 1. The number of nitrogens with one attached hydrogen (secondary N) is 1. The monoisotopic (exact) mass is 616 g/mol. The fourth-order valence-electron chi connectivity index (χ4n) is 7.34. The van der Waals surface area contributed by atoms with Crippen LogP contribution in [0.25, 0.3) is 0 Å². The van der Waals surface area contributed by atoms with Gasteiger partial charge in [0.2, 0.25) is 11.8 Å². The van der Waals surface area contributed by atoms with Crippen LogP contribution in [0, 0.1) is 33.5 Å². The van der Waals surface area contributed by atoms with Crippen LogP contribution in [0.4, 0.5) is 5.69 Å². The van der Waals surface area contributed by atoms with Crippen molar-refractivity contribution >= 4 is 82.0 Å². The number of fused-ring (bicyclic) bond motifs is 9.